The predicted molar refractivity (Wildman–Crippen MR) is 88.1 cm³/mol. The highest BCUT2D eigenvalue weighted by molar-refractivity contribution is 5.78. The molecular weight excluding hydrogens is 310 g/mol. The molecule has 0 aliphatic carbocycles. The summed E-state index contributed by atoms with van der Waals surface area (Å²) in [5, 5.41) is 0. The first kappa shape index (κ1) is 16.1. The smallest absolute Gasteiger partial charge is 0.312 e. The number of rotatable bonds is 3. The minimum atomic E-state index is -0.415. The topological polar surface area (TPSA) is 66.8 Å². The van der Waals surface area contributed by atoms with Gasteiger partial charge in [0, 0.05) is 36.4 Å². The third kappa shape index (κ3) is 2.54. The Bertz CT molecular complexity index is 868. The van der Waals surface area contributed by atoms with E-state index in [9.17, 15) is 9.59 Å². The van der Waals surface area contributed by atoms with Crippen LogP contribution in [0, 0.1) is 6.92 Å². The first-order valence-corrected chi connectivity index (χ1v) is 7.59. The first-order chi connectivity index (χ1) is 11.5. The number of hydrogen-bond donors (Lipinski definition) is 0. The van der Waals surface area contributed by atoms with Gasteiger partial charge < -0.3 is 18.8 Å². The molecule has 0 fully saturated rings. The second kappa shape index (κ2) is 6.03. The Hall–Kier alpha value is -2.76. The summed E-state index contributed by atoms with van der Waals surface area (Å²) in [6, 6.07) is 7.07. The lowest BCUT2D eigenvalue weighted by Crippen LogP contribution is -2.32. The van der Waals surface area contributed by atoms with Crippen molar-refractivity contribution in [3.63, 3.8) is 0 Å². The molecule has 0 N–H and O–H groups in total. The third-order valence-electron chi connectivity index (χ3n) is 4.43. The van der Waals surface area contributed by atoms with Crippen LogP contribution in [-0.4, -0.2) is 24.8 Å². The Morgan fingerprint density at radius 2 is 1.92 bits per heavy atom. The van der Waals surface area contributed by atoms with Gasteiger partial charge in [-0.1, -0.05) is 6.07 Å². The highest BCUT2D eigenvalue weighted by Gasteiger charge is 2.33. The van der Waals surface area contributed by atoms with Crippen LogP contribution in [0.4, 0.5) is 0 Å². The molecule has 0 spiro atoms. The molecule has 2 aromatic rings. The fourth-order valence-corrected chi connectivity index (χ4v) is 3.02. The molecule has 0 saturated heterocycles. The van der Waals surface area contributed by atoms with E-state index in [0.717, 1.165) is 11.3 Å². The van der Waals surface area contributed by atoms with Gasteiger partial charge in [0.05, 0.1) is 26.2 Å². The summed E-state index contributed by atoms with van der Waals surface area (Å²) in [4.78, 5) is 24.8. The highest BCUT2D eigenvalue weighted by atomic mass is 16.5. The average Bonchev–Trinajstić information content (AvgIpc) is 2.58. The SMILES string of the molecule is COc1ccc([C@@H]2CC(=O)Oc3cc(C)n(C)c(=O)c32)c(OC)c1. The van der Waals surface area contributed by atoms with Gasteiger partial charge in [0.1, 0.15) is 17.2 Å². The summed E-state index contributed by atoms with van der Waals surface area (Å²) in [6.07, 6.45) is 0.0913. The Labute approximate surface area is 139 Å². The lowest BCUT2D eigenvalue weighted by molar-refractivity contribution is -0.135. The van der Waals surface area contributed by atoms with Crippen LogP contribution in [-0.2, 0) is 11.8 Å². The standard InChI is InChI=1S/C18H19NO5/c1-10-7-15-17(18(21)19(10)2)13(9-16(20)24-15)12-6-5-11(22-3)8-14(12)23-4/h5-8,13H,9H2,1-4H3/t13-/m0/s1. The van der Waals surface area contributed by atoms with Gasteiger partial charge in [-0.3, -0.25) is 9.59 Å². The maximum Gasteiger partial charge on any atom is 0.312 e. The lowest BCUT2D eigenvalue weighted by atomic mass is 9.86. The first-order valence-electron chi connectivity index (χ1n) is 7.59. The van der Waals surface area contributed by atoms with E-state index in [1.54, 1.807) is 51.0 Å². The van der Waals surface area contributed by atoms with Crippen molar-refractivity contribution in [2.75, 3.05) is 14.2 Å². The average molecular weight is 329 g/mol. The molecule has 24 heavy (non-hydrogen) atoms. The van der Waals surface area contributed by atoms with Gasteiger partial charge in [-0.05, 0) is 13.0 Å². The number of hydrogen-bond acceptors (Lipinski definition) is 5. The van der Waals surface area contributed by atoms with E-state index in [-0.39, 0.29) is 17.9 Å². The Morgan fingerprint density at radius 1 is 1.17 bits per heavy atom. The van der Waals surface area contributed by atoms with Crippen LogP contribution in [0.3, 0.4) is 0 Å². The second-order valence-electron chi connectivity index (χ2n) is 5.77. The van der Waals surface area contributed by atoms with Crippen molar-refractivity contribution in [2.45, 2.75) is 19.3 Å². The highest BCUT2D eigenvalue weighted by Crippen LogP contribution is 2.41. The molecule has 1 aromatic carbocycles. The molecule has 126 valence electrons. The number of carbonyl (C=O) groups is 1. The predicted octanol–water partition coefficient (Wildman–Crippen LogP) is 2.15. The van der Waals surface area contributed by atoms with Crippen molar-refractivity contribution >= 4 is 5.97 Å². The fourth-order valence-electron chi connectivity index (χ4n) is 3.02. The number of esters is 1. The number of pyridine rings is 1. The van der Waals surface area contributed by atoms with Gasteiger partial charge in [0.2, 0.25) is 0 Å². The van der Waals surface area contributed by atoms with E-state index in [1.165, 1.54) is 0 Å². The Kier molecular flexibility index (Phi) is 4.05. The van der Waals surface area contributed by atoms with Gasteiger partial charge in [-0.25, -0.2) is 0 Å². The molecule has 1 aliphatic rings. The number of fused-ring (bicyclic) bond motifs is 1. The number of aryl methyl sites for hydroxylation is 1. The van der Waals surface area contributed by atoms with Crippen molar-refractivity contribution < 1.29 is 19.0 Å². The number of ether oxygens (including phenoxy) is 3. The molecule has 0 amide bonds. The van der Waals surface area contributed by atoms with Crippen molar-refractivity contribution in [1.82, 2.24) is 4.57 Å². The van der Waals surface area contributed by atoms with Gasteiger partial charge in [-0.15, -0.1) is 0 Å². The fraction of sp³-hybridized carbons (Fsp3) is 0.333. The van der Waals surface area contributed by atoms with Crippen molar-refractivity contribution in [3.8, 4) is 17.2 Å². The van der Waals surface area contributed by atoms with E-state index >= 15 is 0 Å². The zero-order valence-electron chi connectivity index (χ0n) is 14.1. The molecule has 1 aromatic heterocycles. The maximum absolute atomic E-state index is 12.8. The number of nitrogens with zero attached hydrogens (tertiary/aromatic N) is 1. The van der Waals surface area contributed by atoms with Crippen LogP contribution in [0.25, 0.3) is 0 Å². The number of benzene rings is 1. The molecule has 1 aliphatic heterocycles. The molecule has 6 nitrogen and oxygen atoms in total. The monoisotopic (exact) mass is 329 g/mol. The van der Waals surface area contributed by atoms with Crippen LogP contribution in [0.1, 0.15) is 29.2 Å². The summed E-state index contributed by atoms with van der Waals surface area (Å²) in [5.74, 6) is 0.766. The van der Waals surface area contributed by atoms with Crippen molar-refractivity contribution in [3.05, 3.63) is 51.4 Å². The van der Waals surface area contributed by atoms with Crippen LogP contribution in [0.15, 0.2) is 29.1 Å². The molecule has 0 radical (unpaired) electrons. The molecule has 1 atom stereocenters. The van der Waals surface area contributed by atoms with Crippen molar-refractivity contribution in [2.24, 2.45) is 7.05 Å². The minimum Gasteiger partial charge on any atom is -0.497 e. The van der Waals surface area contributed by atoms with E-state index in [2.05, 4.69) is 0 Å². The number of methoxy groups -OCH3 is 2. The Morgan fingerprint density at radius 3 is 2.58 bits per heavy atom. The van der Waals surface area contributed by atoms with Gasteiger partial charge >= 0.3 is 5.97 Å². The molecule has 0 bridgehead atoms. The van der Waals surface area contributed by atoms with E-state index in [0.29, 0.717) is 22.8 Å². The van der Waals surface area contributed by atoms with Gasteiger partial charge in [0.25, 0.3) is 5.56 Å². The molecule has 0 unspecified atom stereocenters. The summed E-state index contributed by atoms with van der Waals surface area (Å²) < 4.78 is 17.5. The summed E-state index contributed by atoms with van der Waals surface area (Å²) in [7, 11) is 4.82. The largest absolute Gasteiger partial charge is 0.497 e. The third-order valence-corrected chi connectivity index (χ3v) is 4.43. The van der Waals surface area contributed by atoms with Crippen LogP contribution >= 0.6 is 0 Å². The normalized spacial score (nSPS) is 16.3. The van der Waals surface area contributed by atoms with E-state index in [1.807, 2.05) is 6.07 Å². The summed E-state index contributed by atoms with van der Waals surface area (Å²) >= 11 is 0. The molecule has 0 saturated carbocycles. The van der Waals surface area contributed by atoms with Crippen molar-refractivity contribution in [1.29, 1.82) is 0 Å². The molecule has 2 heterocycles. The number of aromatic nitrogens is 1. The van der Waals surface area contributed by atoms with Crippen LogP contribution in [0.5, 0.6) is 17.2 Å². The van der Waals surface area contributed by atoms with E-state index in [4.69, 9.17) is 14.2 Å². The zero-order chi connectivity index (χ0) is 17.4. The van der Waals surface area contributed by atoms with Gasteiger partial charge in [-0.2, -0.15) is 0 Å². The second-order valence-corrected chi connectivity index (χ2v) is 5.77. The molecular formula is C18H19NO5. The van der Waals surface area contributed by atoms with Crippen LogP contribution < -0.4 is 19.8 Å². The van der Waals surface area contributed by atoms with Crippen LogP contribution in [0.2, 0.25) is 0 Å². The minimum absolute atomic E-state index is 0.0913. The quantitative estimate of drug-likeness (QED) is 0.807. The Balaban J connectivity index is 2.23. The van der Waals surface area contributed by atoms with Gasteiger partial charge in [0.15, 0.2) is 0 Å². The zero-order valence-corrected chi connectivity index (χ0v) is 14.1. The maximum atomic E-state index is 12.8. The molecule has 3 rings (SSSR count). The molecule has 6 heteroatoms. The van der Waals surface area contributed by atoms with E-state index < -0.39 is 5.92 Å². The summed E-state index contributed by atoms with van der Waals surface area (Å²) in [6.45, 7) is 1.80. The lowest BCUT2D eigenvalue weighted by Gasteiger charge is -2.26. The number of carbonyl (C=O) groups excluding carboxylic acids is 1. The summed E-state index contributed by atoms with van der Waals surface area (Å²) in [5.41, 5.74) is 1.80.